The van der Waals surface area contributed by atoms with E-state index < -0.39 is 0 Å². The number of methoxy groups -OCH3 is 1. The minimum atomic E-state index is -0.203. The molecule has 1 rings (SSSR count). The Morgan fingerprint density at radius 3 is 2.65 bits per heavy atom. The third-order valence-corrected chi connectivity index (χ3v) is 2.64. The van der Waals surface area contributed by atoms with Crippen molar-refractivity contribution in [3.63, 3.8) is 0 Å². The van der Waals surface area contributed by atoms with Crippen LogP contribution in [0.5, 0.6) is 0 Å². The van der Waals surface area contributed by atoms with E-state index in [2.05, 4.69) is 16.0 Å². The quantitative estimate of drug-likeness (QED) is 0.666. The zero-order valence-corrected chi connectivity index (χ0v) is 12.2. The van der Waals surface area contributed by atoms with Crippen molar-refractivity contribution in [1.29, 1.82) is 0 Å². The van der Waals surface area contributed by atoms with Crippen LogP contribution in [-0.4, -0.2) is 38.6 Å². The summed E-state index contributed by atoms with van der Waals surface area (Å²) in [6.45, 7) is 2.74. The maximum absolute atomic E-state index is 11.6. The van der Waals surface area contributed by atoms with E-state index in [1.807, 2.05) is 0 Å². The Morgan fingerprint density at radius 1 is 1.30 bits per heavy atom. The molecule has 0 aliphatic carbocycles. The molecule has 0 saturated carbocycles. The second-order valence-electron chi connectivity index (χ2n) is 4.09. The van der Waals surface area contributed by atoms with Crippen LogP contribution in [0.15, 0.2) is 18.2 Å². The van der Waals surface area contributed by atoms with Gasteiger partial charge in [-0.25, -0.2) is 0 Å². The van der Waals surface area contributed by atoms with Gasteiger partial charge in [0, 0.05) is 26.3 Å². The molecule has 1 aromatic rings. The Hall–Kier alpha value is -1.63. The Morgan fingerprint density at radius 2 is 2.05 bits per heavy atom. The van der Waals surface area contributed by atoms with Gasteiger partial charge in [0.05, 0.1) is 23.9 Å². The molecule has 6 nitrogen and oxygen atoms in total. The van der Waals surface area contributed by atoms with Gasteiger partial charge in [-0.3, -0.25) is 9.59 Å². The Kier molecular flexibility index (Phi) is 7.00. The summed E-state index contributed by atoms with van der Waals surface area (Å²) in [5.41, 5.74) is 1.08. The van der Waals surface area contributed by atoms with Gasteiger partial charge in [0.2, 0.25) is 11.8 Å². The van der Waals surface area contributed by atoms with Crippen molar-refractivity contribution in [3.05, 3.63) is 23.2 Å². The van der Waals surface area contributed by atoms with E-state index in [1.165, 1.54) is 6.92 Å². The smallest absolute Gasteiger partial charge is 0.238 e. The number of hydrogen-bond donors (Lipinski definition) is 3. The molecule has 2 amide bonds. The molecule has 20 heavy (non-hydrogen) atoms. The molecular formula is C13H18ClN3O3. The molecule has 0 saturated heterocycles. The lowest BCUT2D eigenvalue weighted by atomic mass is 10.2. The van der Waals surface area contributed by atoms with Crippen molar-refractivity contribution in [1.82, 2.24) is 5.32 Å². The number of rotatable bonds is 7. The monoisotopic (exact) mass is 299 g/mol. The van der Waals surface area contributed by atoms with Gasteiger partial charge in [0.1, 0.15) is 0 Å². The molecule has 0 aliphatic heterocycles. The Balaban J connectivity index is 2.50. The van der Waals surface area contributed by atoms with Crippen LogP contribution in [-0.2, 0) is 14.3 Å². The van der Waals surface area contributed by atoms with Gasteiger partial charge in [0.25, 0.3) is 0 Å². The summed E-state index contributed by atoms with van der Waals surface area (Å²) in [5, 5.41) is 8.59. The second-order valence-corrected chi connectivity index (χ2v) is 4.50. The minimum absolute atomic E-state index is 0.176. The second kappa shape index (κ2) is 8.52. The van der Waals surface area contributed by atoms with Gasteiger partial charge in [-0.15, -0.1) is 0 Å². The number of anilines is 2. The van der Waals surface area contributed by atoms with Crippen molar-refractivity contribution < 1.29 is 14.3 Å². The van der Waals surface area contributed by atoms with Crippen molar-refractivity contribution in [2.45, 2.75) is 6.92 Å². The topological polar surface area (TPSA) is 79.5 Å². The van der Waals surface area contributed by atoms with E-state index >= 15 is 0 Å². The van der Waals surface area contributed by atoms with E-state index in [-0.39, 0.29) is 18.4 Å². The van der Waals surface area contributed by atoms with Crippen molar-refractivity contribution in [2.75, 3.05) is 37.4 Å². The third-order valence-electron chi connectivity index (χ3n) is 2.33. The molecule has 1 aromatic carbocycles. The van der Waals surface area contributed by atoms with Crippen molar-refractivity contribution in [2.24, 2.45) is 0 Å². The van der Waals surface area contributed by atoms with Gasteiger partial charge in [-0.05, 0) is 18.2 Å². The zero-order chi connectivity index (χ0) is 15.0. The molecule has 7 heteroatoms. The fourth-order valence-electron chi connectivity index (χ4n) is 1.47. The highest BCUT2D eigenvalue weighted by atomic mass is 35.5. The van der Waals surface area contributed by atoms with Gasteiger partial charge in [0.15, 0.2) is 0 Å². The first kappa shape index (κ1) is 16.4. The van der Waals surface area contributed by atoms with Gasteiger partial charge >= 0.3 is 0 Å². The Bertz CT molecular complexity index is 480. The predicted molar refractivity (Wildman–Crippen MR) is 79.1 cm³/mol. The molecule has 0 atom stereocenters. The molecular weight excluding hydrogens is 282 g/mol. The van der Waals surface area contributed by atoms with Gasteiger partial charge in [-0.1, -0.05) is 11.6 Å². The molecule has 3 N–H and O–H groups in total. The van der Waals surface area contributed by atoms with E-state index in [4.69, 9.17) is 16.3 Å². The highest BCUT2D eigenvalue weighted by molar-refractivity contribution is 6.34. The largest absolute Gasteiger partial charge is 0.383 e. The lowest BCUT2D eigenvalue weighted by molar-refractivity contribution is -0.115. The van der Waals surface area contributed by atoms with Crippen LogP contribution in [0.2, 0.25) is 5.02 Å². The number of hydrogen-bond acceptors (Lipinski definition) is 4. The molecule has 0 spiro atoms. The maximum atomic E-state index is 11.6. The maximum Gasteiger partial charge on any atom is 0.238 e. The number of halogens is 1. The van der Waals surface area contributed by atoms with Gasteiger partial charge < -0.3 is 20.7 Å². The van der Waals surface area contributed by atoms with E-state index in [1.54, 1.807) is 25.3 Å². The van der Waals surface area contributed by atoms with Crippen LogP contribution >= 0.6 is 11.6 Å². The van der Waals surface area contributed by atoms with Gasteiger partial charge in [-0.2, -0.15) is 0 Å². The van der Waals surface area contributed by atoms with Crippen molar-refractivity contribution in [3.8, 4) is 0 Å². The van der Waals surface area contributed by atoms with Crippen LogP contribution in [0.3, 0.4) is 0 Å². The summed E-state index contributed by atoms with van der Waals surface area (Å²) in [4.78, 5) is 22.6. The van der Waals surface area contributed by atoms with E-state index in [0.717, 1.165) is 0 Å². The fraction of sp³-hybridized carbons (Fsp3) is 0.385. The average molecular weight is 300 g/mol. The molecule has 110 valence electrons. The van der Waals surface area contributed by atoms with Crippen LogP contribution in [0.1, 0.15) is 6.92 Å². The first-order chi connectivity index (χ1) is 9.52. The SMILES string of the molecule is COCCNCC(=O)Nc1ccc(NC(C)=O)c(Cl)c1. The lowest BCUT2D eigenvalue weighted by Crippen LogP contribution is -2.30. The van der Waals surface area contributed by atoms with Crippen LogP contribution in [0, 0.1) is 0 Å². The lowest BCUT2D eigenvalue weighted by Gasteiger charge is -2.09. The van der Waals surface area contributed by atoms with Crippen molar-refractivity contribution >= 4 is 34.8 Å². The fourth-order valence-corrected chi connectivity index (χ4v) is 1.69. The summed E-state index contributed by atoms with van der Waals surface area (Å²) in [6, 6.07) is 4.89. The van der Waals surface area contributed by atoms with Crippen LogP contribution < -0.4 is 16.0 Å². The number of nitrogens with one attached hydrogen (secondary N) is 3. The average Bonchev–Trinajstić information content (AvgIpc) is 2.37. The normalized spacial score (nSPS) is 10.2. The number of carbonyl (C=O) groups excluding carboxylic acids is 2. The first-order valence-corrected chi connectivity index (χ1v) is 6.47. The highest BCUT2D eigenvalue weighted by Gasteiger charge is 2.06. The highest BCUT2D eigenvalue weighted by Crippen LogP contribution is 2.25. The molecule has 0 aromatic heterocycles. The summed E-state index contributed by atoms with van der Waals surface area (Å²) in [5.74, 6) is -0.379. The van der Waals surface area contributed by atoms with Crippen LogP contribution in [0.4, 0.5) is 11.4 Å². The molecule has 0 heterocycles. The molecule has 0 fully saturated rings. The molecule has 0 bridgehead atoms. The molecule has 0 aliphatic rings. The predicted octanol–water partition coefficient (Wildman–Crippen LogP) is 1.47. The number of amides is 2. The third kappa shape index (κ3) is 6.01. The number of carbonyl (C=O) groups is 2. The molecule has 0 radical (unpaired) electrons. The Labute approximate surface area is 122 Å². The number of benzene rings is 1. The summed E-state index contributed by atoms with van der Waals surface area (Å²) >= 11 is 6.00. The van der Waals surface area contributed by atoms with Crippen LogP contribution in [0.25, 0.3) is 0 Å². The summed E-state index contributed by atoms with van der Waals surface area (Å²) < 4.78 is 4.86. The van der Waals surface area contributed by atoms with E-state index in [0.29, 0.717) is 29.5 Å². The summed E-state index contributed by atoms with van der Waals surface area (Å²) in [6.07, 6.45) is 0. The minimum Gasteiger partial charge on any atom is -0.383 e. The van der Waals surface area contributed by atoms with E-state index in [9.17, 15) is 9.59 Å². The first-order valence-electron chi connectivity index (χ1n) is 6.09. The summed E-state index contributed by atoms with van der Waals surface area (Å²) in [7, 11) is 1.60. The number of ether oxygens (including phenoxy) is 1. The zero-order valence-electron chi connectivity index (χ0n) is 11.5. The molecule has 0 unspecified atom stereocenters. The standard InChI is InChI=1S/C13H18ClN3O3/c1-9(18)16-12-4-3-10(7-11(12)14)17-13(19)8-15-5-6-20-2/h3-4,7,15H,5-6,8H2,1-2H3,(H,16,18)(H,17,19).